The summed E-state index contributed by atoms with van der Waals surface area (Å²) in [5.74, 6) is 1.28. The second-order valence-corrected chi connectivity index (χ2v) is 5.32. The number of hydrogen-bond acceptors (Lipinski definition) is 5. The summed E-state index contributed by atoms with van der Waals surface area (Å²) in [6.45, 7) is 4.80. The van der Waals surface area contributed by atoms with Gasteiger partial charge in [-0.15, -0.1) is 0 Å². The Bertz CT molecular complexity index is 598. The first-order valence-electron chi connectivity index (χ1n) is 7.27. The molecule has 2 heterocycles. The molecule has 21 heavy (non-hydrogen) atoms. The molecule has 0 saturated carbocycles. The highest BCUT2D eigenvalue weighted by atomic mass is 35.5. The zero-order chi connectivity index (χ0) is 14.7. The summed E-state index contributed by atoms with van der Waals surface area (Å²) < 4.78 is 0. The van der Waals surface area contributed by atoms with Crippen molar-refractivity contribution in [1.29, 1.82) is 0 Å². The minimum absolute atomic E-state index is 0.247. The lowest BCUT2D eigenvalue weighted by molar-refractivity contribution is 0.856. The number of aromatic nitrogens is 3. The average molecular weight is 304 g/mol. The number of para-hydroxylation sites is 1. The van der Waals surface area contributed by atoms with E-state index in [1.165, 1.54) is 12.8 Å². The van der Waals surface area contributed by atoms with Crippen LogP contribution in [0.3, 0.4) is 0 Å². The van der Waals surface area contributed by atoms with Crippen molar-refractivity contribution in [3.8, 4) is 0 Å². The molecule has 110 valence electrons. The lowest BCUT2D eigenvalue weighted by atomic mass is 10.3. The summed E-state index contributed by atoms with van der Waals surface area (Å²) in [6.07, 6.45) is 2.35. The second kappa shape index (κ2) is 6.26. The molecule has 6 heteroatoms. The van der Waals surface area contributed by atoms with Crippen molar-refractivity contribution >= 4 is 29.2 Å². The van der Waals surface area contributed by atoms with Gasteiger partial charge < -0.3 is 9.80 Å². The predicted octanol–water partition coefficient (Wildman–Crippen LogP) is 3.28. The van der Waals surface area contributed by atoms with E-state index < -0.39 is 0 Å². The number of halogens is 1. The third-order valence-corrected chi connectivity index (χ3v) is 3.77. The molecule has 1 aliphatic heterocycles. The van der Waals surface area contributed by atoms with E-state index >= 15 is 0 Å². The van der Waals surface area contributed by atoms with Gasteiger partial charge in [-0.2, -0.15) is 15.0 Å². The number of hydrogen-bond donors (Lipinski definition) is 0. The Morgan fingerprint density at radius 2 is 1.81 bits per heavy atom. The Morgan fingerprint density at radius 1 is 1.10 bits per heavy atom. The van der Waals surface area contributed by atoms with E-state index in [2.05, 4.69) is 26.8 Å². The number of benzene rings is 1. The maximum Gasteiger partial charge on any atom is 0.236 e. The molecular formula is C15H18ClN5. The summed E-state index contributed by atoms with van der Waals surface area (Å²) in [5.41, 5.74) is 1.05. The largest absolute Gasteiger partial charge is 0.341 e. The summed E-state index contributed by atoms with van der Waals surface area (Å²) in [7, 11) is 0. The molecule has 0 radical (unpaired) electrons. The first-order valence-corrected chi connectivity index (χ1v) is 7.65. The first kappa shape index (κ1) is 14.1. The SMILES string of the molecule is CCN(c1ccccc1)c1nc(Cl)nc(N2CCCC2)n1. The fourth-order valence-electron chi connectivity index (χ4n) is 2.56. The van der Waals surface area contributed by atoms with Crippen LogP contribution in [-0.4, -0.2) is 34.6 Å². The molecule has 1 aliphatic rings. The molecule has 2 aromatic rings. The van der Waals surface area contributed by atoms with Gasteiger partial charge in [-0.05, 0) is 43.5 Å². The van der Waals surface area contributed by atoms with Crippen molar-refractivity contribution < 1.29 is 0 Å². The molecule has 0 atom stereocenters. The van der Waals surface area contributed by atoms with Crippen LogP contribution in [0.15, 0.2) is 30.3 Å². The smallest absolute Gasteiger partial charge is 0.236 e. The Morgan fingerprint density at radius 3 is 2.48 bits per heavy atom. The minimum Gasteiger partial charge on any atom is -0.341 e. The van der Waals surface area contributed by atoms with Gasteiger partial charge in [0.05, 0.1) is 0 Å². The lowest BCUT2D eigenvalue weighted by Crippen LogP contribution is -2.24. The molecule has 0 unspecified atom stereocenters. The summed E-state index contributed by atoms with van der Waals surface area (Å²) >= 11 is 6.10. The second-order valence-electron chi connectivity index (χ2n) is 4.98. The van der Waals surface area contributed by atoms with E-state index in [1.807, 2.05) is 35.2 Å². The molecule has 1 aromatic heterocycles. The molecule has 0 N–H and O–H groups in total. The van der Waals surface area contributed by atoms with Gasteiger partial charge in [0.1, 0.15) is 0 Å². The van der Waals surface area contributed by atoms with E-state index in [4.69, 9.17) is 11.6 Å². The molecule has 5 nitrogen and oxygen atoms in total. The van der Waals surface area contributed by atoms with Crippen LogP contribution in [0.4, 0.5) is 17.6 Å². The van der Waals surface area contributed by atoms with Gasteiger partial charge in [0, 0.05) is 25.3 Å². The zero-order valence-electron chi connectivity index (χ0n) is 12.0. The Kier molecular flexibility index (Phi) is 4.20. The van der Waals surface area contributed by atoms with Gasteiger partial charge in [-0.25, -0.2) is 0 Å². The maximum absolute atomic E-state index is 6.10. The standard InChI is InChI=1S/C15H18ClN5/c1-2-21(12-8-4-3-5-9-12)15-18-13(16)17-14(19-15)20-10-6-7-11-20/h3-5,8-9H,2,6-7,10-11H2,1H3. The average Bonchev–Trinajstić information content (AvgIpc) is 3.03. The minimum atomic E-state index is 0.247. The van der Waals surface area contributed by atoms with E-state index in [0.29, 0.717) is 11.9 Å². The van der Waals surface area contributed by atoms with Crippen molar-refractivity contribution in [1.82, 2.24) is 15.0 Å². The van der Waals surface area contributed by atoms with Crippen LogP contribution < -0.4 is 9.80 Å². The van der Waals surface area contributed by atoms with Gasteiger partial charge in [0.25, 0.3) is 0 Å². The lowest BCUT2D eigenvalue weighted by Gasteiger charge is -2.23. The van der Waals surface area contributed by atoms with E-state index in [-0.39, 0.29) is 5.28 Å². The van der Waals surface area contributed by atoms with Crippen LogP contribution >= 0.6 is 11.6 Å². The predicted molar refractivity (Wildman–Crippen MR) is 85.4 cm³/mol. The summed E-state index contributed by atoms with van der Waals surface area (Å²) in [4.78, 5) is 17.4. The highest BCUT2D eigenvalue weighted by Crippen LogP contribution is 2.25. The van der Waals surface area contributed by atoms with Gasteiger partial charge >= 0.3 is 0 Å². The van der Waals surface area contributed by atoms with Crippen LogP contribution in [0, 0.1) is 0 Å². The van der Waals surface area contributed by atoms with Crippen molar-refractivity contribution in [2.24, 2.45) is 0 Å². The van der Waals surface area contributed by atoms with Crippen molar-refractivity contribution in [3.63, 3.8) is 0 Å². The van der Waals surface area contributed by atoms with Gasteiger partial charge in [0.15, 0.2) is 0 Å². The van der Waals surface area contributed by atoms with Gasteiger partial charge in [0.2, 0.25) is 17.2 Å². The third-order valence-electron chi connectivity index (χ3n) is 3.60. The number of anilines is 3. The quantitative estimate of drug-likeness (QED) is 0.867. The van der Waals surface area contributed by atoms with Crippen molar-refractivity contribution in [3.05, 3.63) is 35.6 Å². The Labute approximate surface area is 129 Å². The third kappa shape index (κ3) is 3.08. The van der Waals surface area contributed by atoms with Crippen molar-refractivity contribution in [2.45, 2.75) is 19.8 Å². The van der Waals surface area contributed by atoms with Crippen LogP contribution in [0.2, 0.25) is 5.28 Å². The number of nitrogens with zero attached hydrogens (tertiary/aromatic N) is 5. The molecule has 0 spiro atoms. The topological polar surface area (TPSA) is 45.2 Å². The highest BCUT2D eigenvalue weighted by Gasteiger charge is 2.19. The van der Waals surface area contributed by atoms with Crippen LogP contribution in [-0.2, 0) is 0 Å². The Hall–Kier alpha value is -1.88. The molecule has 0 amide bonds. The molecule has 1 aromatic carbocycles. The van der Waals surface area contributed by atoms with Crippen LogP contribution in [0.1, 0.15) is 19.8 Å². The van der Waals surface area contributed by atoms with Crippen molar-refractivity contribution in [2.75, 3.05) is 29.4 Å². The maximum atomic E-state index is 6.10. The van der Waals surface area contributed by atoms with Crippen LogP contribution in [0.5, 0.6) is 0 Å². The highest BCUT2D eigenvalue weighted by molar-refractivity contribution is 6.28. The van der Waals surface area contributed by atoms with E-state index in [1.54, 1.807) is 0 Å². The fraction of sp³-hybridized carbons (Fsp3) is 0.400. The van der Waals surface area contributed by atoms with Crippen LogP contribution in [0.25, 0.3) is 0 Å². The molecule has 3 rings (SSSR count). The summed E-state index contributed by atoms with van der Waals surface area (Å²) in [6, 6.07) is 10.1. The molecular weight excluding hydrogens is 286 g/mol. The Balaban J connectivity index is 1.96. The molecule has 1 fully saturated rings. The van der Waals surface area contributed by atoms with E-state index in [9.17, 15) is 0 Å². The zero-order valence-corrected chi connectivity index (χ0v) is 12.8. The first-order chi connectivity index (χ1) is 10.3. The monoisotopic (exact) mass is 303 g/mol. The fourth-order valence-corrected chi connectivity index (χ4v) is 2.71. The molecule has 0 aliphatic carbocycles. The summed E-state index contributed by atoms with van der Waals surface area (Å²) in [5, 5.41) is 0.247. The normalized spacial score (nSPS) is 14.5. The van der Waals surface area contributed by atoms with Gasteiger partial charge in [-0.3, -0.25) is 0 Å². The van der Waals surface area contributed by atoms with Gasteiger partial charge in [-0.1, -0.05) is 18.2 Å². The molecule has 0 bridgehead atoms. The molecule has 1 saturated heterocycles. The van der Waals surface area contributed by atoms with E-state index in [0.717, 1.165) is 25.3 Å². The number of rotatable bonds is 4.